The van der Waals surface area contributed by atoms with Crippen LogP contribution in [0.4, 0.5) is 8.78 Å². The summed E-state index contributed by atoms with van der Waals surface area (Å²) in [6.07, 6.45) is 0. The Kier molecular flexibility index (Phi) is 4.27. The van der Waals surface area contributed by atoms with Crippen LogP contribution in [0.5, 0.6) is 11.5 Å². The van der Waals surface area contributed by atoms with Crippen molar-refractivity contribution in [1.29, 1.82) is 0 Å². The minimum absolute atomic E-state index is 0.120. The lowest BCUT2D eigenvalue weighted by molar-refractivity contribution is 0.252. The number of phenols is 1. The van der Waals surface area contributed by atoms with Crippen LogP contribution in [0, 0.1) is 0 Å². The molecule has 0 aliphatic rings. The Morgan fingerprint density at radius 3 is 2.37 bits per heavy atom. The molecule has 2 aromatic carbocycles. The summed E-state index contributed by atoms with van der Waals surface area (Å²) in [4.78, 5) is 0.487. The lowest BCUT2D eigenvalue weighted by Crippen LogP contribution is -1.86. The summed E-state index contributed by atoms with van der Waals surface area (Å²) in [5.74, 6) is -1.69. The topological polar surface area (TPSA) is 29.5 Å². The van der Waals surface area contributed by atoms with Gasteiger partial charge < -0.3 is 9.84 Å². The van der Waals surface area contributed by atoms with Crippen LogP contribution >= 0.6 is 11.8 Å². The van der Waals surface area contributed by atoms with Gasteiger partial charge in [0.05, 0.1) is 7.11 Å². The van der Waals surface area contributed by atoms with E-state index in [1.54, 1.807) is 43.5 Å². The van der Waals surface area contributed by atoms with Crippen LogP contribution in [0.1, 0.15) is 0 Å². The van der Waals surface area contributed by atoms with Crippen LogP contribution in [-0.2, 0) is 0 Å². The van der Waals surface area contributed by atoms with Gasteiger partial charge in [-0.05, 0) is 35.9 Å². The molecule has 5 heteroatoms. The Balaban J connectivity index is 2.31. The van der Waals surface area contributed by atoms with Crippen LogP contribution in [0.2, 0.25) is 0 Å². The van der Waals surface area contributed by atoms with E-state index in [1.807, 2.05) is 0 Å². The molecule has 0 aromatic heterocycles. The summed E-state index contributed by atoms with van der Waals surface area (Å²) in [6, 6.07) is 11.5. The molecule has 0 unspecified atom stereocenters. The van der Waals surface area contributed by atoms with Crippen LogP contribution in [0.3, 0.4) is 0 Å². The molecule has 0 aliphatic heterocycles. The predicted molar refractivity (Wildman–Crippen MR) is 72.0 cm³/mol. The van der Waals surface area contributed by atoms with Crippen molar-refractivity contribution in [2.45, 2.75) is 10.7 Å². The first-order valence-electron chi connectivity index (χ1n) is 5.52. The third-order valence-electron chi connectivity index (χ3n) is 2.59. The number of phenolic OH excluding ortho intramolecular Hbond substituents is 1. The first kappa shape index (κ1) is 13.7. The highest BCUT2D eigenvalue weighted by atomic mass is 32.2. The van der Waals surface area contributed by atoms with E-state index in [2.05, 4.69) is 0 Å². The number of aromatic hydroxyl groups is 1. The Morgan fingerprint density at radius 1 is 1.11 bits per heavy atom. The van der Waals surface area contributed by atoms with Gasteiger partial charge in [0.2, 0.25) is 0 Å². The monoisotopic (exact) mass is 282 g/mol. The van der Waals surface area contributed by atoms with E-state index in [0.717, 1.165) is 5.56 Å². The summed E-state index contributed by atoms with van der Waals surface area (Å²) < 4.78 is 29.5. The van der Waals surface area contributed by atoms with Crippen molar-refractivity contribution in [1.82, 2.24) is 0 Å². The van der Waals surface area contributed by atoms with E-state index in [9.17, 15) is 13.9 Å². The van der Waals surface area contributed by atoms with Gasteiger partial charge in [0, 0.05) is 10.5 Å². The van der Waals surface area contributed by atoms with E-state index in [0.29, 0.717) is 28.0 Å². The van der Waals surface area contributed by atoms with Crippen LogP contribution in [-0.4, -0.2) is 18.0 Å². The number of rotatable bonds is 4. The van der Waals surface area contributed by atoms with Crippen molar-refractivity contribution >= 4 is 11.8 Å². The molecule has 0 fully saturated rings. The van der Waals surface area contributed by atoms with Gasteiger partial charge in [-0.15, -0.1) is 0 Å². The zero-order valence-corrected chi connectivity index (χ0v) is 11.0. The summed E-state index contributed by atoms with van der Waals surface area (Å²) in [7, 11) is 1.54. The zero-order chi connectivity index (χ0) is 13.8. The molecular formula is C14H12F2O2S. The molecule has 0 bridgehead atoms. The van der Waals surface area contributed by atoms with Gasteiger partial charge in [-0.3, -0.25) is 0 Å². The molecule has 0 aliphatic carbocycles. The maximum Gasteiger partial charge on any atom is 0.288 e. The molecule has 100 valence electrons. The van der Waals surface area contributed by atoms with E-state index >= 15 is 0 Å². The summed E-state index contributed by atoms with van der Waals surface area (Å²) in [5.41, 5.74) is 1.35. The van der Waals surface area contributed by atoms with Gasteiger partial charge in [0.1, 0.15) is 11.5 Å². The number of benzene rings is 2. The molecule has 0 amide bonds. The minimum atomic E-state index is -2.43. The maximum absolute atomic E-state index is 12.2. The molecule has 0 saturated carbocycles. The number of hydrogen-bond acceptors (Lipinski definition) is 3. The van der Waals surface area contributed by atoms with Gasteiger partial charge >= 0.3 is 0 Å². The number of halogens is 2. The lowest BCUT2D eigenvalue weighted by atomic mass is 10.0. The quantitative estimate of drug-likeness (QED) is 0.844. The Bertz CT molecular complexity index is 556. The van der Waals surface area contributed by atoms with Gasteiger partial charge in [0.25, 0.3) is 5.76 Å². The van der Waals surface area contributed by atoms with Crippen molar-refractivity contribution < 1.29 is 18.6 Å². The average molecular weight is 282 g/mol. The van der Waals surface area contributed by atoms with Gasteiger partial charge in [0.15, 0.2) is 0 Å². The normalized spacial score (nSPS) is 10.7. The Labute approximate surface area is 114 Å². The Morgan fingerprint density at radius 2 is 1.79 bits per heavy atom. The fraction of sp³-hybridized carbons (Fsp3) is 0.143. The van der Waals surface area contributed by atoms with Crippen molar-refractivity contribution in [2.24, 2.45) is 0 Å². The standard InChI is InChI=1S/C14H12F2O2S/c1-18-10-4-7-13(17)12(8-10)9-2-5-11(6-3-9)19-14(15)16/h2-8,14,17H,1H3. The van der Waals surface area contributed by atoms with Crippen LogP contribution < -0.4 is 4.74 Å². The minimum Gasteiger partial charge on any atom is -0.507 e. The molecule has 2 nitrogen and oxygen atoms in total. The van der Waals surface area contributed by atoms with Crippen LogP contribution in [0.25, 0.3) is 11.1 Å². The van der Waals surface area contributed by atoms with Crippen LogP contribution in [0.15, 0.2) is 47.4 Å². The SMILES string of the molecule is COc1ccc(O)c(-c2ccc(SC(F)F)cc2)c1. The Hall–Kier alpha value is -1.75. The smallest absolute Gasteiger partial charge is 0.288 e. The summed E-state index contributed by atoms with van der Waals surface area (Å²) in [6.45, 7) is 0. The molecule has 2 aromatic rings. The number of ether oxygens (including phenoxy) is 1. The second-order valence-corrected chi connectivity index (χ2v) is 4.85. The number of thioether (sulfide) groups is 1. The number of hydrogen-bond donors (Lipinski definition) is 1. The fourth-order valence-corrected chi connectivity index (χ4v) is 2.19. The molecule has 0 saturated heterocycles. The van der Waals surface area contributed by atoms with Crippen molar-refractivity contribution in [3.63, 3.8) is 0 Å². The molecule has 19 heavy (non-hydrogen) atoms. The highest BCUT2D eigenvalue weighted by Gasteiger charge is 2.08. The second-order valence-electron chi connectivity index (χ2n) is 3.79. The average Bonchev–Trinajstić information content (AvgIpc) is 2.40. The largest absolute Gasteiger partial charge is 0.507 e. The molecule has 0 radical (unpaired) electrons. The zero-order valence-electron chi connectivity index (χ0n) is 10.1. The van der Waals surface area contributed by atoms with Crippen molar-refractivity contribution in [2.75, 3.05) is 7.11 Å². The first-order valence-corrected chi connectivity index (χ1v) is 6.40. The highest BCUT2D eigenvalue weighted by Crippen LogP contribution is 2.34. The number of alkyl halides is 2. The lowest BCUT2D eigenvalue weighted by Gasteiger charge is -2.08. The number of methoxy groups -OCH3 is 1. The second kappa shape index (κ2) is 5.93. The molecule has 2 rings (SSSR count). The van der Waals surface area contributed by atoms with E-state index < -0.39 is 5.76 Å². The molecule has 1 N–H and O–H groups in total. The van der Waals surface area contributed by atoms with E-state index in [-0.39, 0.29) is 5.75 Å². The van der Waals surface area contributed by atoms with Gasteiger partial charge in [-0.1, -0.05) is 23.9 Å². The maximum atomic E-state index is 12.2. The van der Waals surface area contributed by atoms with E-state index in [1.165, 1.54) is 6.07 Å². The van der Waals surface area contributed by atoms with Gasteiger partial charge in [-0.25, -0.2) is 0 Å². The molecular weight excluding hydrogens is 270 g/mol. The van der Waals surface area contributed by atoms with Crippen molar-refractivity contribution in [3.05, 3.63) is 42.5 Å². The highest BCUT2D eigenvalue weighted by molar-refractivity contribution is 7.99. The summed E-state index contributed by atoms with van der Waals surface area (Å²) >= 11 is 0.494. The van der Waals surface area contributed by atoms with Crippen molar-refractivity contribution in [3.8, 4) is 22.6 Å². The third kappa shape index (κ3) is 3.38. The fourth-order valence-electron chi connectivity index (χ4n) is 1.69. The van der Waals surface area contributed by atoms with Gasteiger partial charge in [-0.2, -0.15) is 8.78 Å². The molecule has 0 spiro atoms. The first-order chi connectivity index (χ1) is 9.10. The molecule has 0 heterocycles. The summed E-state index contributed by atoms with van der Waals surface area (Å²) in [5, 5.41) is 9.82. The molecule has 0 atom stereocenters. The van der Waals surface area contributed by atoms with E-state index in [4.69, 9.17) is 4.74 Å². The predicted octanol–water partition coefficient (Wildman–Crippen LogP) is 4.38. The third-order valence-corrected chi connectivity index (χ3v) is 3.32.